The molecule has 5 heterocycles. The lowest BCUT2D eigenvalue weighted by molar-refractivity contribution is 0.415. The standard InChI is InChI=1S/C48H32N6O2/c1-50-34-14-8-31(9-15-34)46-39-22-26-43(53-39)47(32-10-16-35(55-2)17-11-32)41-24-20-37(51-41)45(30-6-4-29(28-49)5-7-30)38-21-25-42(52-38)48(44-27-23-40(46)54-44)33-12-18-36(56-3)19-13-33/h4-27,51,54H,2-3H3. The zero-order valence-electron chi connectivity index (χ0n) is 30.5. The van der Waals surface area contributed by atoms with Crippen molar-refractivity contribution >= 4 is 52.1 Å². The van der Waals surface area contributed by atoms with Crippen LogP contribution in [0.3, 0.4) is 0 Å². The molecular weight excluding hydrogens is 693 g/mol. The van der Waals surface area contributed by atoms with E-state index in [1.54, 1.807) is 14.2 Å². The quantitative estimate of drug-likeness (QED) is 0.166. The van der Waals surface area contributed by atoms with Crippen LogP contribution in [0.5, 0.6) is 11.5 Å². The minimum absolute atomic E-state index is 0.564. The van der Waals surface area contributed by atoms with Crippen molar-refractivity contribution in [1.82, 2.24) is 19.9 Å². The molecule has 2 N–H and O–H groups in total. The Bertz CT molecular complexity index is 2770. The van der Waals surface area contributed by atoms with E-state index in [0.717, 1.165) is 101 Å². The number of aromatic amines is 2. The zero-order chi connectivity index (χ0) is 38.2. The first-order valence-corrected chi connectivity index (χ1v) is 18.0. The number of nitrogens with zero attached hydrogens (tertiary/aromatic N) is 4. The van der Waals surface area contributed by atoms with Crippen molar-refractivity contribution < 1.29 is 9.47 Å². The second-order valence-corrected chi connectivity index (χ2v) is 13.3. The molecule has 0 radical (unpaired) electrons. The van der Waals surface area contributed by atoms with Crippen LogP contribution < -0.4 is 9.47 Å². The number of H-pyrrole nitrogens is 2. The molecule has 0 aliphatic carbocycles. The first-order chi connectivity index (χ1) is 27.5. The Morgan fingerprint density at radius 2 is 0.804 bits per heavy atom. The summed E-state index contributed by atoms with van der Waals surface area (Å²) >= 11 is 0. The molecule has 4 aromatic carbocycles. The lowest BCUT2D eigenvalue weighted by atomic mass is 10.0. The van der Waals surface area contributed by atoms with Crippen LogP contribution in [0, 0.1) is 17.9 Å². The van der Waals surface area contributed by atoms with Gasteiger partial charge >= 0.3 is 0 Å². The summed E-state index contributed by atoms with van der Waals surface area (Å²) in [6, 6.07) is 41.7. The van der Waals surface area contributed by atoms with E-state index in [-0.39, 0.29) is 0 Å². The van der Waals surface area contributed by atoms with E-state index >= 15 is 0 Å². The maximum Gasteiger partial charge on any atom is 0.187 e. The van der Waals surface area contributed by atoms with Gasteiger partial charge in [-0.2, -0.15) is 5.26 Å². The summed E-state index contributed by atoms with van der Waals surface area (Å²) in [5, 5.41) is 9.60. The summed E-state index contributed by atoms with van der Waals surface area (Å²) in [5.74, 6) is 1.51. The van der Waals surface area contributed by atoms with Gasteiger partial charge in [0.1, 0.15) is 11.5 Å². The minimum Gasteiger partial charge on any atom is -0.497 e. The SMILES string of the molecule is [C-]#[N+]c1ccc(-c2c3nc(c(-c4ccc(OC)cc4)c4ccc([nH]4)c(-c4ccc(C#N)cc4)c4nc(c(-c5ccc(OC)cc5)c5ccc2[nH]5)C=C4)C=C3)cc1. The van der Waals surface area contributed by atoms with E-state index in [1.165, 1.54) is 0 Å². The number of ether oxygens (including phenoxy) is 2. The number of methoxy groups -OCH3 is 2. The number of nitriles is 1. The van der Waals surface area contributed by atoms with Crippen molar-refractivity contribution in [2.24, 2.45) is 0 Å². The second-order valence-electron chi connectivity index (χ2n) is 13.3. The molecule has 8 bridgehead atoms. The van der Waals surface area contributed by atoms with E-state index in [1.807, 2.05) is 115 Å². The van der Waals surface area contributed by atoms with Gasteiger partial charge in [0.15, 0.2) is 5.69 Å². The highest BCUT2D eigenvalue weighted by molar-refractivity contribution is 6.00. The number of hydrogen-bond acceptors (Lipinski definition) is 5. The zero-order valence-corrected chi connectivity index (χ0v) is 30.5. The fourth-order valence-corrected chi connectivity index (χ4v) is 7.35. The van der Waals surface area contributed by atoms with Crippen molar-refractivity contribution in [2.75, 3.05) is 14.2 Å². The van der Waals surface area contributed by atoms with E-state index in [0.29, 0.717) is 11.3 Å². The first kappa shape index (κ1) is 33.9. The second kappa shape index (κ2) is 14.1. The Kier molecular flexibility index (Phi) is 8.55. The van der Waals surface area contributed by atoms with Gasteiger partial charge in [0.2, 0.25) is 0 Å². The molecule has 0 fully saturated rings. The summed E-state index contributed by atoms with van der Waals surface area (Å²) in [7, 11) is 3.32. The highest BCUT2D eigenvalue weighted by atomic mass is 16.5. The van der Waals surface area contributed by atoms with Crippen LogP contribution in [0.25, 0.3) is 95.7 Å². The van der Waals surface area contributed by atoms with Crippen molar-refractivity contribution in [3.8, 4) is 62.1 Å². The molecule has 0 spiro atoms. The van der Waals surface area contributed by atoms with Crippen LogP contribution in [-0.2, 0) is 0 Å². The third-order valence-electron chi connectivity index (χ3n) is 10.1. The number of rotatable bonds is 6. The van der Waals surface area contributed by atoms with Gasteiger partial charge in [0.25, 0.3) is 0 Å². The van der Waals surface area contributed by atoms with Gasteiger partial charge in [-0.05, 0) is 107 Å². The first-order valence-electron chi connectivity index (χ1n) is 18.0. The summed E-state index contributed by atoms with van der Waals surface area (Å²) in [6.07, 6.45) is 8.19. The molecule has 8 heteroatoms. The molecule has 3 aromatic heterocycles. The van der Waals surface area contributed by atoms with Crippen LogP contribution >= 0.6 is 0 Å². The summed E-state index contributed by atoms with van der Waals surface area (Å²) < 4.78 is 11.0. The van der Waals surface area contributed by atoms with Gasteiger partial charge in [-0.3, -0.25) is 0 Å². The third kappa shape index (κ3) is 6.08. The van der Waals surface area contributed by atoms with Gasteiger partial charge in [0.05, 0.1) is 55.2 Å². The van der Waals surface area contributed by atoms with Gasteiger partial charge in [0, 0.05) is 44.3 Å². The topological polar surface area (TPSA) is 104 Å². The average Bonchev–Trinajstić information content (AvgIpc) is 4.10. The molecule has 0 saturated carbocycles. The summed E-state index contributed by atoms with van der Waals surface area (Å²) in [4.78, 5) is 21.8. The predicted octanol–water partition coefficient (Wildman–Crippen LogP) is 11.8. The van der Waals surface area contributed by atoms with Gasteiger partial charge in [-0.1, -0.05) is 60.7 Å². The molecule has 266 valence electrons. The molecular formula is C48H32N6O2. The molecule has 2 aliphatic heterocycles. The molecule has 2 aliphatic rings. The summed E-state index contributed by atoms with van der Waals surface area (Å²) in [6.45, 7) is 7.56. The third-order valence-corrected chi connectivity index (χ3v) is 10.1. The number of benzene rings is 4. The molecule has 0 unspecified atom stereocenters. The van der Waals surface area contributed by atoms with Crippen LogP contribution in [0.1, 0.15) is 28.3 Å². The van der Waals surface area contributed by atoms with E-state index in [4.69, 9.17) is 26.0 Å². The van der Waals surface area contributed by atoms with Crippen LogP contribution in [0.15, 0.2) is 121 Å². The van der Waals surface area contributed by atoms with Crippen molar-refractivity contribution in [3.05, 3.63) is 161 Å². The Balaban J connectivity index is 1.44. The fourth-order valence-electron chi connectivity index (χ4n) is 7.35. The minimum atomic E-state index is 0.564. The Labute approximate surface area is 323 Å². The van der Waals surface area contributed by atoms with Crippen molar-refractivity contribution in [2.45, 2.75) is 0 Å². The smallest absolute Gasteiger partial charge is 0.187 e. The molecule has 8 nitrogen and oxygen atoms in total. The van der Waals surface area contributed by atoms with Gasteiger partial charge < -0.3 is 19.4 Å². The lowest BCUT2D eigenvalue weighted by Crippen LogP contribution is -1.90. The van der Waals surface area contributed by atoms with E-state index < -0.39 is 0 Å². The number of fused-ring (bicyclic) bond motifs is 8. The number of aromatic nitrogens is 4. The van der Waals surface area contributed by atoms with Crippen LogP contribution in [0.4, 0.5) is 5.69 Å². The van der Waals surface area contributed by atoms with E-state index in [9.17, 15) is 5.26 Å². The average molecular weight is 725 g/mol. The van der Waals surface area contributed by atoms with Gasteiger partial charge in [-0.15, -0.1) is 0 Å². The Morgan fingerprint density at radius 1 is 0.482 bits per heavy atom. The van der Waals surface area contributed by atoms with Crippen molar-refractivity contribution in [1.29, 1.82) is 5.26 Å². The highest BCUT2D eigenvalue weighted by Crippen LogP contribution is 2.39. The highest BCUT2D eigenvalue weighted by Gasteiger charge is 2.19. The lowest BCUT2D eigenvalue weighted by Gasteiger charge is -2.08. The van der Waals surface area contributed by atoms with Crippen molar-refractivity contribution in [3.63, 3.8) is 0 Å². The number of nitrogens with one attached hydrogen (secondary N) is 2. The largest absolute Gasteiger partial charge is 0.497 e. The molecule has 56 heavy (non-hydrogen) atoms. The molecule has 7 aromatic rings. The maximum atomic E-state index is 9.60. The van der Waals surface area contributed by atoms with Crippen LogP contribution in [-0.4, -0.2) is 34.2 Å². The summed E-state index contributed by atoms with van der Waals surface area (Å²) in [5.41, 5.74) is 15.1. The molecule has 0 amide bonds. The Morgan fingerprint density at radius 3 is 1.11 bits per heavy atom. The van der Waals surface area contributed by atoms with Crippen LogP contribution in [0.2, 0.25) is 0 Å². The Hall–Kier alpha value is -7.94. The number of hydrogen-bond donors (Lipinski definition) is 2. The molecule has 0 atom stereocenters. The molecule has 9 rings (SSSR count). The van der Waals surface area contributed by atoms with E-state index in [2.05, 4.69) is 51.2 Å². The monoisotopic (exact) mass is 724 g/mol. The predicted molar refractivity (Wildman–Crippen MR) is 225 cm³/mol. The molecule has 0 saturated heterocycles. The fraction of sp³-hybridized carbons (Fsp3) is 0.0417. The van der Waals surface area contributed by atoms with Gasteiger partial charge in [-0.25, -0.2) is 14.8 Å². The normalized spacial score (nSPS) is 11.6. The maximum absolute atomic E-state index is 9.60.